The number of carbonyl (C=O) groups excluding carboxylic acids is 2. The van der Waals surface area contributed by atoms with Crippen LogP contribution in [0.3, 0.4) is 0 Å². The SMILES string of the molecule is CCOP(=S)(OCC)Oc1cc(C)nc(C(C)C)n1.O=C1C2CC=CCC2C(=O)N1SC(Cl)(Cl)Cl. The van der Waals surface area contributed by atoms with Crippen LogP contribution >= 0.6 is 53.5 Å². The molecule has 8 nitrogen and oxygen atoms in total. The first-order valence-electron chi connectivity index (χ1n) is 11.0. The van der Waals surface area contributed by atoms with Crippen LogP contribution in [-0.2, 0) is 30.4 Å². The number of halogens is 3. The zero-order valence-corrected chi connectivity index (χ0v) is 24.9. The molecule has 2 heterocycles. The van der Waals surface area contributed by atoms with E-state index < -0.39 is 9.84 Å². The molecule has 196 valence electrons. The van der Waals surface area contributed by atoms with Gasteiger partial charge in [0.25, 0.3) is 3.12 Å². The van der Waals surface area contributed by atoms with Crippen molar-refractivity contribution in [2.24, 2.45) is 11.8 Å². The molecule has 3 rings (SSSR count). The molecule has 1 aliphatic heterocycles. The molecule has 0 saturated carbocycles. The fraction of sp³-hybridized carbons (Fsp3) is 0.619. The van der Waals surface area contributed by atoms with Gasteiger partial charge in [0.05, 0.1) is 25.0 Å². The quantitative estimate of drug-likeness (QED) is 0.108. The average Bonchev–Trinajstić information content (AvgIpc) is 2.98. The smallest absolute Gasteiger partial charge is 0.381 e. The highest BCUT2D eigenvalue weighted by Gasteiger charge is 2.49. The summed E-state index contributed by atoms with van der Waals surface area (Å²) < 4.78 is 15.9. The minimum atomic E-state index is -2.77. The van der Waals surface area contributed by atoms with Gasteiger partial charge in [-0.3, -0.25) is 18.6 Å². The summed E-state index contributed by atoms with van der Waals surface area (Å²) in [4.78, 5) is 32.5. The number of aryl methyl sites for hydroxylation is 1. The summed E-state index contributed by atoms with van der Waals surface area (Å²) >= 11 is 22.7. The molecule has 2 unspecified atom stereocenters. The Kier molecular flexibility index (Phi) is 11.8. The zero-order chi connectivity index (χ0) is 26.4. The van der Waals surface area contributed by atoms with E-state index in [1.807, 2.05) is 46.8 Å². The lowest BCUT2D eigenvalue weighted by molar-refractivity contribution is -0.133. The van der Waals surface area contributed by atoms with Gasteiger partial charge >= 0.3 is 6.72 Å². The fourth-order valence-corrected chi connectivity index (χ4v) is 6.63. The number of fused-ring (bicyclic) bond motifs is 1. The van der Waals surface area contributed by atoms with Crippen molar-refractivity contribution in [3.8, 4) is 5.88 Å². The van der Waals surface area contributed by atoms with Crippen LogP contribution < -0.4 is 4.52 Å². The van der Waals surface area contributed by atoms with Gasteiger partial charge in [-0.25, -0.2) is 9.29 Å². The lowest BCUT2D eigenvalue weighted by atomic mass is 9.85. The Hall–Kier alpha value is -0.450. The van der Waals surface area contributed by atoms with E-state index in [0.717, 1.165) is 15.8 Å². The van der Waals surface area contributed by atoms with Crippen molar-refractivity contribution in [1.82, 2.24) is 14.3 Å². The Morgan fingerprint density at radius 3 is 2.06 bits per heavy atom. The van der Waals surface area contributed by atoms with Crippen molar-refractivity contribution >= 4 is 77.1 Å². The van der Waals surface area contributed by atoms with E-state index >= 15 is 0 Å². The topological polar surface area (TPSA) is 90.8 Å². The number of nitrogens with zero attached hydrogens (tertiary/aromatic N) is 3. The Morgan fingerprint density at radius 2 is 1.63 bits per heavy atom. The number of alkyl halides is 3. The first kappa shape index (κ1) is 30.8. The van der Waals surface area contributed by atoms with Crippen molar-refractivity contribution in [3.63, 3.8) is 0 Å². The molecule has 35 heavy (non-hydrogen) atoms. The van der Waals surface area contributed by atoms with E-state index in [0.29, 0.717) is 43.9 Å². The van der Waals surface area contributed by atoms with Crippen LogP contribution in [0, 0.1) is 18.8 Å². The maximum Gasteiger partial charge on any atom is 0.381 e. The van der Waals surface area contributed by atoms with E-state index in [-0.39, 0.29) is 29.6 Å². The Labute approximate surface area is 230 Å². The lowest BCUT2D eigenvalue weighted by Crippen LogP contribution is -2.26. The average molecular weight is 605 g/mol. The molecule has 0 N–H and O–H groups in total. The lowest BCUT2D eigenvalue weighted by Gasteiger charge is -2.20. The van der Waals surface area contributed by atoms with Gasteiger partial charge < -0.3 is 4.52 Å². The highest BCUT2D eigenvalue weighted by molar-refractivity contribution is 8.07. The van der Waals surface area contributed by atoms with Gasteiger partial charge in [-0.05, 0) is 33.6 Å². The second kappa shape index (κ2) is 13.4. The molecule has 1 aliphatic carbocycles. The Balaban J connectivity index is 0.000000250. The third-order valence-corrected chi connectivity index (χ3v) is 8.59. The molecule has 1 fully saturated rings. The number of aromatic nitrogens is 2. The summed E-state index contributed by atoms with van der Waals surface area (Å²) in [5, 5.41) is 0. The Morgan fingerprint density at radius 1 is 1.11 bits per heavy atom. The Bertz CT molecular complexity index is 957. The minimum Gasteiger partial charge on any atom is -0.406 e. The highest BCUT2D eigenvalue weighted by atomic mass is 35.6. The van der Waals surface area contributed by atoms with Crippen LogP contribution in [0.5, 0.6) is 5.88 Å². The van der Waals surface area contributed by atoms with E-state index in [2.05, 4.69) is 9.97 Å². The molecule has 1 saturated heterocycles. The fourth-order valence-electron chi connectivity index (χ4n) is 3.35. The van der Waals surface area contributed by atoms with Crippen molar-refractivity contribution in [3.05, 3.63) is 29.7 Å². The van der Waals surface area contributed by atoms with Crippen LogP contribution in [0.25, 0.3) is 0 Å². The molecule has 1 aromatic heterocycles. The molecule has 14 heteroatoms. The normalized spacial score (nSPS) is 20.1. The standard InChI is InChI=1S/C12H21N2O3PS.C9H8Cl3NO2S/c1-6-15-18(19,16-7-2)17-11-8-10(5)13-12(14-11)9(3)4;10-9(11,12)16-13-7(14)5-3-1-2-4-6(5)8(13)15/h8-9H,6-7H2,1-5H3;1-2,5-6H,3-4H2. The largest absolute Gasteiger partial charge is 0.406 e. The number of amides is 2. The van der Waals surface area contributed by atoms with E-state index in [1.165, 1.54) is 0 Å². The predicted molar refractivity (Wildman–Crippen MR) is 144 cm³/mol. The van der Waals surface area contributed by atoms with Gasteiger partial charge in [-0.15, -0.1) is 0 Å². The molecule has 0 spiro atoms. The molecule has 2 atom stereocenters. The summed E-state index contributed by atoms with van der Waals surface area (Å²) in [6.45, 7) is 7.78. The molecule has 0 bridgehead atoms. The second-order valence-electron chi connectivity index (χ2n) is 7.90. The first-order chi connectivity index (χ1) is 16.3. The molecule has 0 radical (unpaired) electrons. The van der Waals surface area contributed by atoms with E-state index in [9.17, 15) is 9.59 Å². The summed E-state index contributed by atoms with van der Waals surface area (Å²) in [7, 11) is 0. The van der Waals surface area contributed by atoms with Gasteiger partial charge in [-0.1, -0.05) is 60.8 Å². The number of allylic oxidation sites excluding steroid dienone is 2. The molecule has 0 aromatic carbocycles. The number of hydrogen-bond acceptors (Lipinski definition) is 9. The van der Waals surface area contributed by atoms with Crippen molar-refractivity contribution in [2.45, 2.75) is 56.5 Å². The molecule has 2 aliphatic rings. The van der Waals surface area contributed by atoms with E-state index in [1.54, 1.807) is 6.07 Å². The van der Waals surface area contributed by atoms with Gasteiger partial charge in [0.15, 0.2) is 0 Å². The monoisotopic (exact) mass is 603 g/mol. The number of hydrogen-bond donors (Lipinski definition) is 0. The van der Waals surface area contributed by atoms with Crippen LogP contribution in [0.2, 0.25) is 0 Å². The summed E-state index contributed by atoms with van der Waals surface area (Å²) in [5.41, 5.74) is 0.836. The summed E-state index contributed by atoms with van der Waals surface area (Å²) in [6.07, 6.45) is 5.00. The second-order valence-corrected chi connectivity index (χ2v) is 14.9. The number of carbonyl (C=O) groups is 2. The van der Waals surface area contributed by atoms with Gasteiger partial charge in [-0.2, -0.15) is 4.98 Å². The van der Waals surface area contributed by atoms with Crippen molar-refractivity contribution < 1.29 is 23.2 Å². The number of rotatable bonds is 8. The minimum absolute atomic E-state index is 0.222. The molecular formula is C21H29Cl3N3O5PS2. The molecule has 2 amide bonds. The molecule has 1 aromatic rings. The van der Waals surface area contributed by atoms with Crippen molar-refractivity contribution in [2.75, 3.05) is 13.2 Å². The highest BCUT2D eigenvalue weighted by Crippen LogP contribution is 2.49. The predicted octanol–water partition coefficient (Wildman–Crippen LogP) is 6.50. The van der Waals surface area contributed by atoms with Gasteiger partial charge in [0, 0.05) is 41.4 Å². The third-order valence-electron chi connectivity index (χ3n) is 4.81. The maximum absolute atomic E-state index is 11.9. The van der Waals surface area contributed by atoms with Gasteiger partial charge in [0.1, 0.15) is 5.82 Å². The first-order valence-corrected chi connectivity index (χ1v) is 15.5. The van der Waals surface area contributed by atoms with Crippen LogP contribution in [0.15, 0.2) is 18.2 Å². The van der Waals surface area contributed by atoms with Crippen LogP contribution in [0.4, 0.5) is 0 Å². The van der Waals surface area contributed by atoms with Crippen molar-refractivity contribution in [1.29, 1.82) is 0 Å². The van der Waals surface area contributed by atoms with E-state index in [4.69, 9.17) is 60.2 Å². The van der Waals surface area contributed by atoms with Gasteiger partial charge in [0.2, 0.25) is 17.7 Å². The summed E-state index contributed by atoms with van der Waals surface area (Å²) in [5.74, 6) is 0.298. The van der Waals surface area contributed by atoms with Crippen LogP contribution in [0.1, 0.15) is 58.0 Å². The summed E-state index contributed by atoms with van der Waals surface area (Å²) in [6, 6.07) is 1.74. The molecular weight excluding hydrogens is 576 g/mol. The zero-order valence-electron chi connectivity index (χ0n) is 20.1. The maximum atomic E-state index is 11.9. The third kappa shape index (κ3) is 9.11. The number of imide groups is 1. The van der Waals surface area contributed by atoms with Crippen LogP contribution in [-0.4, -0.2) is 42.4 Å².